The predicted molar refractivity (Wildman–Crippen MR) is 221 cm³/mol. The maximum Gasteiger partial charge on any atom is 0.248 e. The molecular weight excluding hydrogens is 691 g/mol. The highest BCUT2D eigenvalue weighted by Gasteiger charge is 2.40. The van der Waals surface area contributed by atoms with Crippen molar-refractivity contribution in [2.24, 2.45) is 0 Å². The molecule has 2 heterocycles. The molecule has 9 heteroatoms. The van der Waals surface area contributed by atoms with Crippen molar-refractivity contribution < 1.29 is 19.4 Å². The van der Waals surface area contributed by atoms with Crippen molar-refractivity contribution in [3.05, 3.63) is 135 Å². The van der Waals surface area contributed by atoms with Gasteiger partial charge in [0.2, 0.25) is 5.56 Å². The topological polar surface area (TPSA) is 107 Å². The number of piperidine rings is 1. The van der Waals surface area contributed by atoms with Gasteiger partial charge in [0, 0.05) is 35.5 Å². The summed E-state index contributed by atoms with van der Waals surface area (Å²) >= 11 is 0. The third-order valence-electron chi connectivity index (χ3n) is 11.7. The highest BCUT2D eigenvalue weighted by molar-refractivity contribution is 6.74. The van der Waals surface area contributed by atoms with E-state index in [1.54, 1.807) is 12.1 Å². The SMILES string of the molecule is CN1CCC(c2ccccc2)(c2cc(CCCOc3ccc(CNCC(O[Si](C)(C)C(C)(C)C)c4ccc(O)c5[nH]c(=O)ccc45)cc3)ccc2O)CC1. The number of benzene rings is 4. The Morgan fingerprint density at radius 1 is 0.889 bits per heavy atom. The minimum Gasteiger partial charge on any atom is -0.508 e. The number of hydrogen-bond acceptors (Lipinski definition) is 7. The molecular formula is C45H57N3O5Si. The van der Waals surface area contributed by atoms with Gasteiger partial charge in [0.1, 0.15) is 17.2 Å². The molecule has 1 aliphatic heterocycles. The Morgan fingerprint density at radius 3 is 2.28 bits per heavy atom. The molecule has 0 spiro atoms. The Bertz CT molecular complexity index is 2070. The number of hydrogen-bond donors (Lipinski definition) is 4. The monoisotopic (exact) mass is 747 g/mol. The molecule has 4 N–H and O–H groups in total. The van der Waals surface area contributed by atoms with E-state index < -0.39 is 8.32 Å². The van der Waals surface area contributed by atoms with Gasteiger partial charge in [-0.3, -0.25) is 4.79 Å². The van der Waals surface area contributed by atoms with Crippen LogP contribution in [0.15, 0.2) is 102 Å². The summed E-state index contributed by atoms with van der Waals surface area (Å²) in [5.41, 5.74) is 5.57. The molecule has 6 rings (SSSR count). The maximum atomic E-state index is 12.1. The van der Waals surface area contributed by atoms with E-state index in [4.69, 9.17) is 9.16 Å². The number of nitrogens with zero attached hydrogens (tertiary/aromatic N) is 1. The van der Waals surface area contributed by atoms with Gasteiger partial charge >= 0.3 is 0 Å². The van der Waals surface area contributed by atoms with E-state index in [1.807, 2.05) is 30.3 Å². The molecule has 1 aromatic heterocycles. The van der Waals surface area contributed by atoms with E-state index in [1.165, 1.54) is 17.2 Å². The van der Waals surface area contributed by atoms with Crippen LogP contribution in [0.3, 0.4) is 0 Å². The zero-order valence-electron chi connectivity index (χ0n) is 32.7. The summed E-state index contributed by atoms with van der Waals surface area (Å²) in [7, 11) is -0.00219. The Hall–Kier alpha value is -4.41. The first-order chi connectivity index (χ1) is 25.8. The van der Waals surface area contributed by atoms with Crippen LogP contribution in [0.4, 0.5) is 0 Å². The van der Waals surface area contributed by atoms with E-state index >= 15 is 0 Å². The van der Waals surface area contributed by atoms with Gasteiger partial charge in [0.05, 0.1) is 18.2 Å². The van der Waals surface area contributed by atoms with Crippen LogP contribution in [0.2, 0.25) is 18.1 Å². The largest absolute Gasteiger partial charge is 0.508 e. The molecule has 0 saturated carbocycles. The van der Waals surface area contributed by atoms with Crippen molar-refractivity contribution in [2.75, 3.05) is 33.3 Å². The van der Waals surface area contributed by atoms with Gasteiger partial charge < -0.3 is 34.6 Å². The van der Waals surface area contributed by atoms with Crippen LogP contribution in [0.25, 0.3) is 10.9 Å². The van der Waals surface area contributed by atoms with Gasteiger partial charge in [0.25, 0.3) is 0 Å². The molecule has 1 atom stereocenters. The number of rotatable bonds is 14. The summed E-state index contributed by atoms with van der Waals surface area (Å²) in [6.07, 6.45) is 3.40. The minimum absolute atomic E-state index is 0.00673. The third-order valence-corrected chi connectivity index (χ3v) is 16.2. The molecule has 8 nitrogen and oxygen atoms in total. The molecule has 5 aromatic rings. The lowest BCUT2D eigenvalue weighted by Gasteiger charge is -2.42. The van der Waals surface area contributed by atoms with Crippen LogP contribution in [-0.4, -0.2) is 61.7 Å². The van der Waals surface area contributed by atoms with Gasteiger partial charge in [-0.15, -0.1) is 0 Å². The zero-order valence-corrected chi connectivity index (χ0v) is 33.7. The van der Waals surface area contributed by atoms with Crippen molar-refractivity contribution >= 4 is 19.2 Å². The highest BCUT2D eigenvalue weighted by atomic mass is 28.4. The number of pyridine rings is 1. The number of aryl methyl sites for hydroxylation is 1. The Balaban J connectivity index is 1.06. The minimum atomic E-state index is -2.17. The molecule has 0 amide bonds. The fraction of sp³-hybridized carbons (Fsp3) is 0.400. The third kappa shape index (κ3) is 8.92. The molecule has 1 saturated heterocycles. The first-order valence-electron chi connectivity index (χ1n) is 19.3. The fourth-order valence-corrected chi connectivity index (χ4v) is 8.67. The number of phenolic OH excluding ortho intramolecular Hbond substituents is 2. The molecule has 1 unspecified atom stereocenters. The van der Waals surface area contributed by atoms with E-state index in [9.17, 15) is 15.0 Å². The second-order valence-corrected chi connectivity index (χ2v) is 21.2. The Morgan fingerprint density at radius 2 is 1.57 bits per heavy atom. The summed E-state index contributed by atoms with van der Waals surface area (Å²) in [5.74, 6) is 1.26. The average molecular weight is 748 g/mol. The van der Waals surface area contributed by atoms with Crippen LogP contribution >= 0.6 is 0 Å². The number of H-pyrrole nitrogens is 1. The molecule has 0 bridgehead atoms. The van der Waals surface area contributed by atoms with Gasteiger partial charge in [-0.2, -0.15) is 0 Å². The molecule has 0 aliphatic carbocycles. The molecule has 1 aliphatic rings. The second kappa shape index (κ2) is 16.5. The summed E-state index contributed by atoms with van der Waals surface area (Å²) < 4.78 is 13.1. The van der Waals surface area contributed by atoms with Crippen molar-refractivity contribution in [3.63, 3.8) is 0 Å². The van der Waals surface area contributed by atoms with Crippen molar-refractivity contribution in [3.8, 4) is 17.2 Å². The number of aromatic hydroxyl groups is 2. The van der Waals surface area contributed by atoms with Crippen LogP contribution in [0.1, 0.15) is 74.0 Å². The van der Waals surface area contributed by atoms with Crippen LogP contribution < -0.4 is 15.6 Å². The average Bonchev–Trinajstić information content (AvgIpc) is 3.15. The van der Waals surface area contributed by atoms with Gasteiger partial charge in [0.15, 0.2) is 8.32 Å². The summed E-state index contributed by atoms with van der Waals surface area (Å²) in [6, 6.07) is 31.8. The normalized spacial score (nSPS) is 15.7. The number of aromatic amines is 1. The lowest BCUT2D eigenvalue weighted by Crippen LogP contribution is -2.43. The number of likely N-dealkylation sites (tertiary alicyclic amines) is 1. The van der Waals surface area contributed by atoms with Crippen molar-refractivity contribution in [1.29, 1.82) is 0 Å². The maximum absolute atomic E-state index is 12.1. The molecule has 54 heavy (non-hydrogen) atoms. The zero-order chi connectivity index (χ0) is 38.5. The quantitative estimate of drug-likeness (QED) is 0.0665. The van der Waals surface area contributed by atoms with Gasteiger partial charge in [-0.25, -0.2) is 0 Å². The summed E-state index contributed by atoms with van der Waals surface area (Å²) in [4.78, 5) is 17.2. The first-order valence-corrected chi connectivity index (χ1v) is 22.2. The number of fused-ring (bicyclic) bond motifs is 1. The lowest BCUT2D eigenvalue weighted by molar-refractivity contribution is 0.181. The van der Waals surface area contributed by atoms with E-state index in [0.717, 1.165) is 66.6 Å². The number of phenols is 2. The fourth-order valence-electron chi connectivity index (χ4n) is 7.40. The smallest absolute Gasteiger partial charge is 0.248 e. The van der Waals surface area contributed by atoms with Crippen LogP contribution in [0.5, 0.6) is 17.2 Å². The first kappa shape index (κ1) is 39.3. The van der Waals surface area contributed by atoms with E-state index in [0.29, 0.717) is 31.0 Å². The van der Waals surface area contributed by atoms with Gasteiger partial charge in [-0.05, 0) is 117 Å². The second-order valence-electron chi connectivity index (χ2n) is 16.5. The summed E-state index contributed by atoms with van der Waals surface area (Å²) in [5, 5.41) is 26.0. The summed E-state index contributed by atoms with van der Waals surface area (Å²) in [6.45, 7) is 14.9. The molecule has 0 radical (unpaired) electrons. The van der Waals surface area contributed by atoms with E-state index in [2.05, 4.69) is 105 Å². The number of ether oxygens (including phenoxy) is 1. The van der Waals surface area contributed by atoms with Crippen molar-refractivity contribution in [2.45, 2.75) is 82.7 Å². The molecule has 1 fully saturated rings. The van der Waals surface area contributed by atoms with Crippen molar-refractivity contribution in [1.82, 2.24) is 15.2 Å². The highest BCUT2D eigenvalue weighted by Crippen LogP contribution is 2.45. The van der Waals surface area contributed by atoms with Crippen LogP contribution in [0, 0.1) is 0 Å². The molecule has 4 aromatic carbocycles. The van der Waals surface area contributed by atoms with E-state index in [-0.39, 0.29) is 27.9 Å². The number of nitrogens with one attached hydrogen (secondary N) is 2. The predicted octanol–water partition coefficient (Wildman–Crippen LogP) is 8.82. The van der Waals surface area contributed by atoms with Gasteiger partial charge in [-0.1, -0.05) is 81.4 Å². The Kier molecular flexibility index (Phi) is 12.0. The lowest BCUT2D eigenvalue weighted by atomic mass is 9.67. The number of aromatic nitrogens is 1. The molecule has 286 valence electrons. The standard InChI is InChI=1S/C45H57N3O5Si/c1-44(2,3)54(5,6)53-41(36-19-22-40(50)43-37(36)20-23-42(51)47-43)31-46-30-33-14-17-35(18-15-33)52-28-10-11-32-16-21-39(49)38(29-32)45(24-26-48(4)27-25-45)34-12-8-7-9-13-34/h7-9,12-23,29,41,46,49-50H,10-11,24-28,30-31H2,1-6H3,(H,47,51). The van der Waals surface area contributed by atoms with Crippen LogP contribution in [-0.2, 0) is 22.8 Å². The Labute approximate surface area is 321 Å².